The van der Waals surface area contributed by atoms with Gasteiger partial charge in [-0.2, -0.15) is 5.26 Å². The third-order valence-electron chi connectivity index (χ3n) is 2.08. The number of rotatable bonds is 2. The van der Waals surface area contributed by atoms with Crippen LogP contribution in [0, 0.1) is 18.3 Å². The molecule has 13 heavy (non-hydrogen) atoms. The van der Waals surface area contributed by atoms with Gasteiger partial charge < -0.3 is 4.57 Å². The van der Waals surface area contributed by atoms with E-state index in [4.69, 9.17) is 5.26 Å². The zero-order chi connectivity index (χ0) is 10.0. The molecular formula is C10H12N2O. The summed E-state index contributed by atoms with van der Waals surface area (Å²) < 4.78 is 1.87. The molecule has 0 bridgehead atoms. The van der Waals surface area contributed by atoms with Crippen molar-refractivity contribution in [2.45, 2.75) is 26.8 Å². The van der Waals surface area contributed by atoms with E-state index in [0.717, 1.165) is 12.0 Å². The van der Waals surface area contributed by atoms with Crippen molar-refractivity contribution in [3.05, 3.63) is 23.0 Å². The van der Waals surface area contributed by atoms with Gasteiger partial charge in [0.2, 0.25) is 0 Å². The molecule has 0 amide bonds. The minimum atomic E-state index is 0.210. The summed E-state index contributed by atoms with van der Waals surface area (Å²) in [7, 11) is 0. The third-order valence-corrected chi connectivity index (χ3v) is 2.08. The van der Waals surface area contributed by atoms with Gasteiger partial charge >= 0.3 is 0 Å². The van der Waals surface area contributed by atoms with E-state index in [2.05, 4.69) is 6.07 Å². The molecule has 68 valence electrons. The second-order valence-electron chi connectivity index (χ2n) is 3.26. The largest absolute Gasteiger partial charge is 0.339 e. The summed E-state index contributed by atoms with van der Waals surface area (Å²) >= 11 is 0. The molecule has 0 aliphatic rings. The molecule has 0 radical (unpaired) electrons. The molecule has 3 heteroatoms. The predicted octanol–water partition coefficient (Wildman–Crippen LogP) is 2.06. The van der Waals surface area contributed by atoms with E-state index < -0.39 is 0 Å². The Labute approximate surface area is 77.6 Å². The summed E-state index contributed by atoms with van der Waals surface area (Å²) in [5.74, 6) is 0. The van der Waals surface area contributed by atoms with Crippen molar-refractivity contribution in [3.8, 4) is 6.07 Å². The Hall–Kier alpha value is -1.56. The number of aromatic nitrogens is 1. The van der Waals surface area contributed by atoms with Gasteiger partial charge in [-0.15, -0.1) is 0 Å². The van der Waals surface area contributed by atoms with Gasteiger partial charge in [0, 0.05) is 11.7 Å². The van der Waals surface area contributed by atoms with Crippen molar-refractivity contribution in [2.24, 2.45) is 0 Å². The van der Waals surface area contributed by atoms with E-state index in [1.807, 2.05) is 25.3 Å². The zero-order valence-corrected chi connectivity index (χ0v) is 8.03. The summed E-state index contributed by atoms with van der Waals surface area (Å²) in [5, 5.41) is 8.75. The van der Waals surface area contributed by atoms with Crippen LogP contribution in [0.4, 0.5) is 0 Å². The van der Waals surface area contributed by atoms with Gasteiger partial charge in [0.05, 0.1) is 11.3 Å². The summed E-state index contributed by atoms with van der Waals surface area (Å²) in [6.45, 7) is 5.83. The number of aldehydes is 1. The Morgan fingerprint density at radius 3 is 2.54 bits per heavy atom. The first-order valence-corrected chi connectivity index (χ1v) is 4.19. The lowest BCUT2D eigenvalue weighted by Crippen LogP contribution is -2.06. The molecule has 0 saturated heterocycles. The van der Waals surface area contributed by atoms with Crippen LogP contribution >= 0.6 is 0 Å². The third kappa shape index (κ3) is 1.48. The number of carbonyl (C=O) groups excluding carboxylic acids is 1. The smallest absolute Gasteiger partial charge is 0.166 e. The summed E-state index contributed by atoms with van der Waals surface area (Å²) in [4.78, 5) is 10.7. The van der Waals surface area contributed by atoms with Crippen LogP contribution < -0.4 is 0 Å². The summed E-state index contributed by atoms with van der Waals surface area (Å²) in [6.07, 6.45) is 0.786. The van der Waals surface area contributed by atoms with Crippen molar-refractivity contribution >= 4 is 6.29 Å². The Morgan fingerprint density at radius 1 is 1.62 bits per heavy atom. The fraction of sp³-hybridized carbons (Fsp3) is 0.400. The van der Waals surface area contributed by atoms with Crippen molar-refractivity contribution in [1.82, 2.24) is 4.57 Å². The first-order valence-electron chi connectivity index (χ1n) is 4.19. The first-order chi connectivity index (χ1) is 6.11. The molecule has 0 unspecified atom stereocenters. The van der Waals surface area contributed by atoms with Crippen LogP contribution in [0.2, 0.25) is 0 Å². The van der Waals surface area contributed by atoms with Gasteiger partial charge in [-0.05, 0) is 26.8 Å². The molecule has 1 aromatic heterocycles. The average molecular weight is 176 g/mol. The maximum absolute atomic E-state index is 10.7. The lowest BCUT2D eigenvalue weighted by atomic mass is 10.3. The molecule has 1 rings (SSSR count). The highest BCUT2D eigenvalue weighted by molar-refractivity contribution is 5.74. The highest BCUT2D eigenvalue weighted by Crippen LogP contribution is 2.18. The molecule has 0 aliphatic carbocycles. The van der Waals surface area contributed by atoms with Gasteiger partial charge in [0.15, 0.2) is 6.29 Å². The molecule has 0 saturated carbocycles. The molecule has 0 aromatic carbocycles. The van der Waals surface area contributed by atoms with E-state index in [9.17, 15) is 4.79 Å². The molecule has 3 nitrogen and oxygen atoms in total. The Kier molecular flexibility index (Phi) is 2.52. The van der Waals surface area contributed by atoms with Crippen LogP contribution in [0.5, 0.6) is 0 Å². The van der Waals surface area contributed by atoms with Crippen LogP contribution in [-0.2, 0) is 0 Å². The quantitative estimate of drug-likeness (QED) is 0.647. The standard InChI is InChI=1S/C10H12N2O/c1-7(2)12-8(3)9(5-11)4-10(12)6-13/h4,6-7H,1-3H3. The first kappa shape index (κ1) is 9.53. The van der Waals surface area contributed by atoms with Crippen molar-refractivity contribution in [1.29, 1.82) is 5.26 Å². The number of hydrogen-bond acceptors (Lipinski definition) is 2. The van der Waals surface area contributed by atoms with E-state index in [1.165, 1.54) is 0 Å². The summed E-state index contributed by atoms with van der Waals surface area (Å²) in [5.41, 5.74) is 2.01. The van der Waals surface area contributed by atoms with Crippen LogP contribution in [0.1, 0.15) is 41.6 Å². The Balaban J connectivity index is 3.39. The lowest BCUT2D eigenvalue weighted by Gasteiger charge is -2.12. The maximum atomic E-state index is 10.7. The maximum Gasteiger partial charge on any atom is 0.166 e. The fourth-order valence-electron chi connectivity index (χ4n) is 1.53. The van der Waals surface area contributed by atoms with E-state index >= 15 is 0 Å². The molecule has 1 aromatic rings. The van der Waals surface area contributed by atoms with Gasteiger partial charge in [0.25, 0.3) is 0 Å². The van der Waals surface area contributed by atoms with Crippen molar-refractivity contribution in [3.63, 3.8) is 0 Å². The van der Waals surface area contributed by atoms with Gasteiger partial charge in [-0.25, -0.2) is 0 Å². The Bertz CT molecular complexity index is 369. The van der Waals surface area contributed by atoms with Gasteiger partial charge in [0.1, 0.15) is 6.07 Å². The molecule has 0 N–H and O–H groups in total. The van der Waals surface area contributed by atoms with Crippen molar-refractivity contribution in [2.75, 3.05) is 0 Å². The lowest BCUT2D eigenvalue weighted by molar-refractivity contribution is 0.111. The second-order valence-corrected chi connectivity index (χ2v) is 3.26. The average Bonchev–Trinajstić information content (AvgIpc) is 2.41. The zero-order valence-electron chi connectivity index (χ0n) is 8.03. The van der Waals surface area contributed by atoms with Gasteiger partial charge in [-0.1, -0.05) is 0 Å². The molecule has 1 heterocycles. The molecule has 0 atom stereocenters. The predicted molar refractivity (Wildman–Crippen MR) is 49.7 cm³/mol. The highest BCUT2D eigenvalue weighted by atomic mass is 16.1. The van der Waals surface area contributed by atoms with E-state index in [-0.39, 0.29) is 6.04 Å². The van der Waals surface area contributed by atoms with Crippen LogP contribution in [0.25, 0.3) is 0 Å². The number of nitrogens with zero attached hydrogens (tertiary/aromatic N) is 2. The highest BCUT2D eigenvalue weighted by Gasteiger charge is 2.12. The van der Waals surface area contributed by atoms with E-state index in [0.29, 0.717) is 11.3 Å². The fourth-order valence-corrected chi connectivity index (χ4v) is 1.53. The van der Waals surface area contributed by atoms with Crippen molar-refractivity contribution < 1.29 is 4.79 Å². The SMILES string of the molecule is Cc1c(C#N)cc(C=O)n1C(C)C. The second kappa shape index (κ2) is 3.44. The van der Waals surface area contributed by atoms with Crippen LogP contribution in [0.15, 0.2) is 6.07 Å². The normalized spacial score (nSPS) is 10.1. The van der Waals surface area contributed by atoms with Crippen LogP contribution in [-0.4, -0.2) is 10.9 Å². The number of hydrogen-bond donors (Lipinski definition) is 0. The monoisotopic (exact) mass is 176 g/mol. The summed E-state index contributed by atoms with van der Waals surface area (Å²) in [6, 6.07) is 3.90. The van der Waals surface area contributed by atoms with E-state index in [1.54, 1.807) is 6.07 Å². The molecular weight excluding hydrogens is 164 g/mol. The topological polar surface area (TPSA) is 45.8 Å². The molecule has 0 spiro atoms. The van der Waals surface area contributed by atoms with Gasteiger partial charge in [-0.3, -0.25) is 4.79 Å². The minimum absolute atomic E-state index is 0.210. The number of carbonyl (C=O) groups is 1. The minimum Gasteiger partial charge on any atom is -0.339 e. The number of nitriles is 1. The molecule has 0 aliphatic heterocycles. The Morgan fingerprint density at radius 2 is 2.23 bits per heavy atom. The molecule has 0 fully saturated rings. The van der Waals surface area contributed by atoms with Crippen LogP contribution in [0.3, 0.4) is 0 Å².